The maximum atomic E-state index is 5.42. The molecule has 4 nitrogen and oxygen atoms in total. The molecule has 2 rings (SSSR count). The Balaban J connectivity index is 1.91. The minimum Gasteiger partial charge on any atom is -0.380 e. The van der Waals surface area contributed by atoms with Gasteiger partial charge < -0.3 is 10.1 Å². The molecule has 1 atom stereocenters. The van der Waals surface area contributed by atoms with E-state index in [1.165, 1.54) is 0 Å². The van der Waals surface area contributed by atoms with E-state index in [0.29, 0.717) is 6.04 Å². The van der Waals surface area contributed by atoms with Gasteiger partial charge in [-0.3, -0.25) is 9.88 Å². The average Bonchev–Trinajstić information content (AvgIpc) is 2.91. The molecule has 0 saturated carbocycles. The van der Waals surface area contributed by atoms with E-state index in [-0.39, 0.29) is 0 Å². The highest BCUT2D eigenvalue weighted by Gasteiger charge is 2.20. The average molecular weight is 249 g/mol. The van der Waals surface area contributed by atoms with Crippen LogP contribution in [0.3, 0.4) is 0 Å². The second-order valence-electron chi connectivity index (χ2n) is 4.83. The predicted octanol–water partition coefficient (Wildman–Crippen LogP) is 1.41. The summed E-state index contributed by atoms with van der Waals surface area (Å²) < 4.78 is 5.42. The molecule has 0 bridgehead atoms. The van der Waals surface area contributed by atoms with E-state index in [1.54, 1.807) is 0 Å². The minimum atomic E-state index is 0.546. The summed E-state index contributed by atoms with van der Waals surface area (Å²) in [4.78, 5) is 7.02. The lowest BCUT2D eigenvalue weighted by Gasteiger charge is -2.22. The first kappa shape index (κ1) is 13.5. The third-order valence-corrected chi connectivity index (χ3v) is 3.36. The number of aromatic nitrogens is 1. The van der Waals surface area contributed by atoms with Crippen LogP contribution in [0.1, 0.15) is 24.7 Å². The number of likely N-dealkylation sites (N-methyl/N-ethyl adjacent to an activating group) is 1. The van der Waals surface area contributed by atoms with Crippen LogP contribution in [0.5, 0.6) is 0 Å². The molecule has 0 spiro atoms. The molecule has 1 fully saturated rings. The summed E-state index contributed by atoms with van der Waals surface area (Å²) >= 11 is 0. The zero-order valence-corrected chi connectivity index (χ0v) is 11.4. The third-order valence-electron chi connectivity index (χ3n) is 3.36. The fourth-order valence-corrected chi connectivity index (χ4v) is 2.22. The van der Waals surface area contributed by atoms with Crippen molar-refractivity contribution < 1.29 is 4.74 Å². The molecular weight excluding hydrogens is 226 g/mol. The lowest BCUT2D eigenvalue weighted by atomic mass is 10.2. The molecule has 100 valence electrons. The summed E-state index contributed by atoms with van der Waals surface area (Å²) in [6.07, 6.45) is 1.13. The van der Waals surface area contributed by atoms with Crippen LogP contribution in [0, 0.1) is 0 Å². The topological polar surface area (TPSA) is 37.4 Å². The molecule has 1 N–H and O–H groups in total. The second kappa shape index (κ2) is 6.83. The molecule has 18 heavy (non-hydrogen) atoms. The van der Waals surface area contributed by atoms with E-state index in [2.05, 4.69) is 47.4 Å². The molecule has 2 heterocycles. The minimum absolute atomic E-state index is 0.546. The summed E-state index contributed by atoms with van der Waals surface area (Å²) in [5.74, 6) is 0. The van der Waals surface area contributed by atoms with Crippen molar-refractivity contribution in [1.82, 2.24) is 15.2 Å². The van der Waals surface area contributed by atoms with E-state index in [1.807, 2.05) is 0 Å². The SMILES string of the molecule is CCNCc1cccc(CN(C)C2CCOC2)n1. The van der Waals surface area contributed by atoms with Crippen molar-refractivity contribution in [2.24, 2.45) is 0 Å². The molecule has 1 aliphatic heterocycles. The van der Waals surface area contributed by atoms with Gasteiger partial charge in [0.25, 0.3) is 0 Å². The van der Waals surface area contributed by atoms with Crippen molar-refractivity contribution in [3.8, 4) is 0 Å². The van der Waals surface area contributed by atoms with E-state index in [0.717, 1.165) is 50.7 Å². The van der Waals surface area contributed by atoms with Crippen LogP contribution in [-0.2, 0) is 17.8 Å². The van der Waals surface area contributed by atoms with E-state index >= 15 is 0 Å². The Hall–Kier alpha value is -0.970. The molecule has 1 aromatic heterocycles. The molecule has 4 heteroatoms. The van der Waals surface area contributed by atoms with Gasteiger partial charge in [-0.25, -0.2) is 0 Å². The fourth-order valence-electron chi connectivity index (χ4n) is 2.22. The maximum Gasteiger partial charge on any atom is 0.0622 e. The molecule has 0 amide bonds. The number of pyridine rings is 1. The zero-order valence-electron chi connectivity index (χ0n) is 11.4. The Morgan fingerprint density at radius 1 is 1.44 bits per heavy atom. The van der Waals surface area contributed by atoms with Gasteiger partial charge in [-0.1, -0.05) is 13.0 Å². The first-order valence-corrected chi connectivity index (χ1v) is 6.73. The van der Waals surface area contributed by atoms with Gasteiger partial charge in [0, 0.05) is 25.7 Å². The van der Waals surface area contributed by atoms with Crippen LogP contribution in [0.15, 0.2) is 18.2 Å². The van der Waals surface area contributed by atoms with Crippen molar-refractivity contribution >= 4 is 0 Å². The number of nitrogens with zero attached hydrogens (tertiary/aromatic N) is 2. The molecule has 0 aliphatic carbocycles. The number of nitrogens with one attached hydrogen (secondary N) is 1. The summed E-state index contributed by atoms with van der Waals surface area (Å²) in [5.41, 5.74) is 2.25. The van der Waals surface area contributed by atoms with Crippen molar-refractivity contribution in [3.63, 3.8) is 0 Å². The van der Waals surface area contributed by atoms with Crippen molar-refractivity contribution in [3.05, 3.63) is 29.6 Å². The fraction of sp³-hybridized carbons (Fsp3) is 0.643. The highest BCUT2D eigenvalue weighted by Crippen LogP contribution is 2.13. The van der Waals surface area contributed by atoms with E-state index in [9.17, 15) is 0 Å². The van der Waals surface area contributed by atoms with Crippen LogP contribution in [0.2, 0.25) is 0 Å². The Morgan fingerprint density at radius 3 is 3.00 bits per heavy atom. The van der Waals surface area contributed by atoms with Crippen molar-refractivity contribution in [2.45, 2.75) is 32.5 Å². The van der Waals surface area contributed by atoms with Gasteiger partial charge in [0.1, 0.15) is 0 Å². The first-order valence-electron chi connectivity index (χ1n) is 6.73. The molecule has 1 unspecified atom stereocenters. The van der Waals surface area contributed by atoms with Gasteiger partial charge in [-0.15, -0.1) is 0 Å². The van der Waals surface area contributed by atoms with Crippen molar-refractivity contribution in [2.75, 3.05) is 26.8 Å². The first-order chi connectivity index (χ1) is 8.79. The Bertz CT molecular complexity index is 364. The normalized spacial score (nSPS) is 19.6. The highest BCUT2D eigenvalue weighted by atomic mass is 16.5. The van der Waals surface area contributed by atoms with Crippen LogP contribution in [0.4, 0.5) is 0 Å². The van der Waals surface area contributed by atoms with Gasteiger partial charge in [0.05, 0.1) is 18.0 Å². The monoisotopic (exact) mass is 249 g/mol. The number of ether oxygens (including phenoxy) is 1. The molecular formula is C14H23N3O. The van der Waals surface area contributed by atoms with Crippen LogP contribution < -0.4 is 5.32 Å². The molecule has 1 aliphatic rings. The van der Waals surface area contributed by atoms with Gasteiger partial charge in [-0.05, 0) is 32.1 Å². The smallest absolute Gasteiger partial charge is 0.0622 e. The maximum absolute atomic E-state index is 5.42. The van der Waals surface area contributed by atoms with E-state index < -0.39 is 0 Å². The van der Waals surface area contributed by atoms with Crippen LogP contribution in [-0.4, -0.2) is 42.7 Å². The molecule has 0 aromatic carbocycles. The number of rotatable bonds is 6. The lowest BCUT2D eigenvalue weighted by molar-refractivity contribution is 0.155. The highest BCUT2D eigenvalue weighted by molar-refractivity contribution is 5.11. The quantitative estimate of drug-likeness (QED) is 0.827. The molecule has 1 aromatic rings. The predicted molar refractivity (Wildman–Crippen MR) is 72.3 cm³/mol. The van der Waals surface area contributed by atoms with Crippen molar-refractivity contribution in [1.29, 1.82) is 0 Å². The molecule has 1 saturated heterocycles. The Morgan fingerprint density at radius 2 is 2.28 bits per heavy atom. The van der Waals surface area contributed by atoms with Gasteiger partial charge in [-0.2, -0.15) is 0 Å². The van der Waals surface area contributed by atoms with Gasteiger partial charge in [0.2, 0.25) is 0 Å². The Labute approximate surface area is 109 Å². The number of hydrogen-bond acceptors (Lipinski definition) is 4. The zero-order chi connectivity index (χ0) is 12.8. The van der Waals surface area contributed by atoms with Crippen LogP contribution in [0.25, 0.3) is 0 Å². The number of hydrogen-bond donors (Lipinski definition) is 1. The van der Waals surface area contributed by atoms with E-state index in [4.69, 9.17) is 4.74 Å². The summed E-state index contributed by atoms with van der Waals surface area (Å²) in [6, 6.07) is 6.81. The third kappa shape index (κ3) is 3.77. The largest absolute Gasteiger partial charge is 0.380 e. The Kier molecular flexibility index (Phi) is 5.11. The standard InChI is InChI=1S/C14H23N3O/c1-3-15-9-12-5-4-6-13(16-12)10-17(2)14-7-8-18-11-14/h4-6,14-15H,3,7-11H2,1-2H3. The van der Waals surface area contributed by atoms with Gasteiger partial charge >= 0.3 is 0 Å². The van der Waals surface area contributed by atoms with Crippen LogP contribution >= 0.6 is 0 Å². The summed E-state index contributed by atoms with van der Waals surface area (Å²) in [7, 11) is 2.15. The van der Waals surface area contributed by atoms with Gasteiger partial charge in [0.15, 0.2) is 0 Å². The second-order valence-corrected chi connectivity index (χ2v) is 4.83. The molecule has 0 radical (unpaired) electrons. The lowest BCUT2D eigenvalue weighted by Crippen LogP contribution is -2.31. The summed E-state index contributed by atoms with van der Waals surface area (Å²) in [5, 5.41) is 3.30. The summed E-state index contributed by atoms with van der Waals surface area (Å²) in [6.45, 7) is 6.58.